The molecule has 38 heavy (non-hydrogen) atoms. The number of rotatable bonds is 7. The molecule has 200 valence electrons. The molecule has 0 aliphatic carbocycles. The Hall–Kier alpha value is -3.60. The average Bonchev–Trinajstić information content (AvgIpc) is 2.83. The van der Waals surface area contributed by atoms with Crippen molar-refractivity contribution in [2.24, 2.45) is 4.99 Å². The quantitative estimate of drug-likeness (QED) is 0.260. The van der Waals surface area contributed by atoms with Crippen LogP contribution in [-0.4, -0.2) is 37.1 Å². The molecule has 0 fully saturated rings. The van der Waals surface area contributed by atoms with Gasteiger partial charge in [-0.2, -0.15) is 0 Å². The second kappa shape index (κ2) is 11.4. The molecule has 1 N–H and O–H groups in total. The molecule has 0 atom stereocenters. The van der Waals surface area contributed by atoms with Crippen LogP contribution in [-0.2, 0) is 12.2 Å². The lowest BCUT2D eigenvalue weighted by molar-refractivity contribution is 0.0719. The van der Waals surface area contributed by atoms with Crippen LogP contribution in [0.5, 0.6) is 5.75 Å². The van der Waals surface area contributed by atoms with Crippen LogP contribution in [0.1, 0.15) is 37.9 Å². The first kappa shape index (κ1) is 29.0. The van der Waals surface area contributed by atoms with Crippen LogP contribution in [0.4, 0.5) is 4.39 Å². The Morgan fingerprint density at radius 2 is 1.95 bits per heavy atom. The Kier molecular flexibility index (Phi) is 8.71. The van der Waals surface area contributed by atoms with Crippen molar-refractivity contribution in [2.75, 3.05) is 7.05 Å². The molecule has 9 nitrogen and oxygen atoms in total. The van der Waals surface area contributed by atoms with Gasteiger partial charge in [0.15, 0.2) is 0 Å². The van der Waals surface area contributed by atoms with Crippen molar-refractivity contribution in [3.05, 3.63) is 103 Å². The molecule has 0 aromatic carbocycles. The van der Waals surface area contributed by atoms with E-state index in [1.807, 2.05) is 0 Å². The molecule has 0 bridgehead atoms. The minimum absolute atomic E-state index is 0.0694. The third kappa shape index (κ3) is 6.09. The maximum absolute atomic E-state index is 13.4. The molecule has 0 saturated heterocycles. The summed E-state index contributed by atoms with van der Waals surface area (Å²) < 4.78 is 21.5. The first-order valence-corrected chi connectivity index (χ1v) is 12.0. The number of aliphatic hydroxyl groups is 1. The predicted octanol–water partition coefficient (Wildman–Crippen LogP) is 4.35. The first-order valence-electron chi connectivity index (χ1n) is 11.3. The molecule has 0 spiro atoms. The maximum Gasteiger partial charge on any atom is 0.280 e. The van der Waals surface area contributed by atoms with Crippen LogP contribution in [0.3, 0.4) is 0 Å². The number of hydrogen-bond acceptors (Lipinski definition) is 7. The largest absolute Gasteiger partial charge is 0.485 e. The number of aliphatic imine (C=N–C) groups is 1. The zero-order valence-electron chi connectivity index (χ0n) is 21.4. The predicted molar refractivity (Wildman–Crippen MR) is 146 cm³/mol. The molecule has 0 unspecified atom stereocenters. The monoisotopic (exact) mass is 561 g/mol. The van der Waals surface area contributed by atoms with Gasteiger partial charge >= 0.3 is 0 Å². The summed E-state index contributed by atoms with van der Waals surface area (Å²) in [7, 11) is 1.48. The van der Waals surface area contributed by atoms with E-state index >= 15 is 0 Å². The van der Waals surface area contributed by atoms with Crippen molar-refractivity contribution in [3.63, 3.8) is 0 Å². The Morgan fingerprint density at radius 1 is 1.26 bits per heavy atom. The van der Waals surface area contributed by atoms with E-state index in [0.29, 0.717) is 17.0 Å². The third-order valence-electron chi connectivity index (χ3n) is 5.39. The summed E-state index contributed by atoms with van der Waals surface area (Å²) in [6, 6.07) is 2.65. The van der Waals surface area contributed by atoms with E-state index in [2.05, 4.69) is 21.5 Å². The molecule has 3 rings (SSSR count). The molecule has 0 radical (unpaired) electrons. The van der Waals surface area contributed by atoms with Gasteiger partial charge in [-0.25, -0.2) is 4.39 Å². The van der Waals surface area contributed by atoms with Crippen molar-refractivity contribution in [2.45, 2.75) is 39.9 Å². The zero-order valence-corrected chi connectivity index (χ0v) is 22.9. The Labute approximate surface area is 228 Å². The molecule has 0 amide bonds. The van der Waals surface area contributed by atoms with Gasteiger partial charge in [0.25, 0.3) is 11.1 Å². The highest BCUT2D eigenvalue weighted by Gasteiger charge is 2.24. The van der Waals surface area contributed by atoms with Gasteiger partial charge in [-0.05, 0) is 39.3 Å². The van der Waals surface area contributed by atoms with E-state index in [1.54, 1.807) is 19.9 Å². The molecular formula is C26H26Cl2FN5O4. The fraction of sp³-hybridized carbons (Fsp3) is 0.269. The first-order chi connectivity index (χ1) is 17.8. The summed E-state index contributed by atoms with van der Waals surface area (Å²) in [6.45, 7) is 10.1. The van der Waals surface area contributed by atoms with E-state index in [4.69, 9.17) is 27.9 Å². The molecule has 3 aromatic rings. The molecular weight excluding hydrogens is 536 g/mol. The normalized spacial score (nSPS) is 12.6. The van der Waals surface area contributed by atoms with Crippen LogP contribution >= 0.6 is 23.2 Å². The number of hydrogen-bond donors (Lipinski definition) is 1. The molecule has 3 heterocycles. The summed E-state index contributed by atoms with van der Waals surface area (Å²) >= 11 is 12.4. The Balaban J connectivity index is 2.08. The van der Waals surface area contributed by atoms with Gasteiger partial charge in [0.05, 0.1) is 22.6 Å². The lowest BCUT2D eigenvalue weighted by Crippen LogP contribution is -2.36. The molecule has 0 aliphatic rings. The summed E-state index contributed by atoms with van der Waals surface area (Å²) in [4.78, 5) is 38.5. The molecule has 12 heteroatoms. The van der Waals surface area contributed by atoms with E-state index in [9.17, 15) is 19.1 Å². The number of pyridine rings is 2. The lowest BCUT2D eigenvalue weighted by atomic mass is 10.1. The fourth-order valence-electron chi connectivity index (χ4n) is 3.54. The van der Waals surface area contributed by atoms with Crippen LogP contribution in [0.2, 0.25) is 10.0 Å². The minimum Gasteiger partial charge on any atom is -0.485 e. The van der Waals surface area contributed by atoms with Crippen LogP contribution in [0.15, 0.2) is 63.5 Å². The number of halogens is 3. The van der Waals surface area contributed by atoms with Crippen LogP contribution in [0, 0.1) is 12.7 Å². The third-order valence-corrected chi connectivity index (χ3v) is 6.06. The minimum atomic E-state index is -1.48. The highest BCUT2D eigenvalue weighted by molar-refractivity contribution is 6.32. The molecule has 0 saturated carbocycles. The second-order valence-electron chi connectivity index (χ2n) is 8.88. The number of aromatic nitrogens is 4. The van der Waals surface area contributed by atoms with Crippen molar-refractivity contribution in [1.29, 1.82) is 0 Å². The highest BCUT2D eigenvalue weighted by atomic mass is 35.5. The van der Waals surface area contributed by atoms with Gasteiger partial charge in [-0.3, -0.25) is 33.7 Å². The van der Waals surface area contributed by atoms with E-state index in [0.717, 1.165) is 12.3 Å². The summed E-state index contributed by atoms with van der Waals surface area (Å²) in [5, 5.41) is 10.2. The number of nitrogens with zero attached hydrogens (tertiary/aromatic N) is 5. The van der Waals surface area contributed by atoms with Gasteiger partial charge in [0.1, 0.15) is 40.3 Å². The van der Waals surface area contributed by atoms with Gasteiger partial charge in [-0.1, -0.05) is 29.8 Å². The van der Waals surface area contributed by atoms with Crippen molar-refractivity contribution in [1.82, 2.24) is 19.1 Å². The van der Waals surface area contributed by atoms with Gasteiger partial charge < -0.3 is 9.84 Å². The summed E-state index contributed by atoms with van der Waals surface area (Å²) in [5.41, 5.74) is -1.22. The van der Waals surface area contributed by atoms with E-state index in [-0.39, 0.29) is 39.6 Å². The summed E-state index contributed by atoms with van der Waals surface area (Å²) in [5.74, 6) is -0.339. The molecule has 3 aromatic heterocycles. The number of aryl methyl sites for hydroxylation is 1. The maximum atomic E-state index is 13.4. The Bertz CT molecular complexity index is 1590. The number of allylic oxidation sites excluding steroid dienone is 3. The second-order valence-corrected chi connectivity index (χ2v) is 9.66. The van der Waals surface area contributed by atoms with E-state index < -0.39 is 22.5 Å². The number of ether oxygens (including phenoxy) is 1. The van der Waals surface area contributed by atoms with Crippen molar-refractivity contribution in [3.8, 4) is 5.75 Å². The van der Waals surface area contributed by atoms with Crippen LogP contribution < -0.4 is 15.9 Å². The SMILES string of the molecule is C=C(C)/C(=C\C(=NC)n1ccnc(C(C)(C)O)c1=O)n1c(C)cc(OCc2ncc(F)cc2Cl)c(Cl)c1=O. The lowest BCUT2D eigenvalue weighted by Gasteiger charge is -2.19. The van der Waals surface area contributed by atoms with Gasteiger partial charge in [-0.15, -0.1) is 0 Å². The topological polar surface area (TPSA) is 112 Å². The van der Waals surface area contributed by atoms with Gasteiger partial charge in [0.2, 0.25) is 0 Å². The standard InChI is InChI=1S/C26H26Cl2FN5O4/c1-14(2)19(11-21(30-6)33-8-7-31-23(25(33)36)26(4,5)37)34-15(3)9-20(22(28)24(34)35)38-13-18-17(27)10-16(29)12-32-18/h7-12,37H,1,13H2,2-6H3/b19-11+,30-21?. The molecule has 0 aliphatic heterocycles. The smallest absolute Gasteiger partial charge is 0.280 e. The van der Waals surface area contributed by atoms with Gasteiger partial charge in [0, 0.05) is 37.3 Å². The van der Waals surface area contributed by atoms with Crippen molar-refractivity contribution < 1.29 is 14.2 Å². The summed E-state index contributed by atoms with van der Waals surface area (Å²) in [6.07, 6.45) is 5.29. The zero-order chi connectivity index (χ0) is 28.4. The Morgan fingerprint density at radius 3 is 2.53 bits per heavy atom. The van der Waals surface area contributed by atoms with Crippen molar-refractivity contribution >= 4 is 34.7 Å². The average molecular weight is 562 g/mol. The van der Waals surface area contributed by atoms with E-state index in [1.165, 1.54) is 48.5 Å². The fourth-order valence-corrected chi connectivity index (χ4v) is 3.94. The van der Waals surface area contributed by atoms with Crippen LogP contribution in [0.25, 0.3) is 5.70 Å². The highest BCUT2D eigenvalue weighted by Crippen LogP contribution is 2.27.